The number of esters is 1. The maximum absolute atomic E-state index is 13.0. The van der Waals surface area contributed by atoms with E-state index in [1.165, 1.54) is 37.6 Å². The molecule has 0 radical (unpaired) electrons. The van der Waals surface area contributed by atoms with E-state index in [1.807, 2.05) is 6.92 Å². The van der Waals surface area contributed by atoms with Crippen LogP contribution < -0.4 is 19.6 Å². The number of nitrogens with one attached hydrogen (secondary N) is 2. The summed E-state index contributed by atoms with van der Waals surface area (Å²) in [5.41, 5.74) is 4.51. The lowest BCUT2D eigenvalue weighted by Crippen LogP contribution is -2.21. The zero-order valence-corrected chi connectivity index (χ0v) is 23.8. The molecule has 1 amide bonds. The van der Waals surface area contributed by atoms with E-state index in [0.29, 0.717) is 29.2 Å². The van der Waals surface area contributed by atoms with Crippen molar-refractivity contribution in [2.45, 2.75) is 18.4 Å². The van der Waals surface area contributed by atoms with Gasteiger partial charge in [0.2, 0.25) is 0 Å². The maximum Gasteiger partial charge on any atom is 0.337 e. The molecule has 4 aromatic rings. The molecule has 0 unspecified atom stereocenters. The van der Waals surface area contributed by atoms with Crippen LogP contribution >= 0.6 is 0 Å². The molecule has 4 rings (SSSR count). The Morgan fingerprint density at radius 2 is 1.55 bits per heavy atom. The number of para-hydroxylation sites is 2. The molecular weight excluding hydrogens is 558 g/mol. The second-order valence-corrected chi connectivity index (χ2v) is 10.5. The molecule has 0 bridgehead atoms. The normalized spacial score (nSPS) is 11.1. The first-order valence-electron chi connectivity index (χ1n) is 12.9. The first kappa shape index (κ1) is 29.8. The average molecular weight is 588 g/mol. The Morgan fingerprint density at radius 3 is 2.26 bits per heavy atom. The summed E-state index contributed by atoms with van der Waals surface area (Å²) in [5.74, 6) is 0.0468. The van der Waals surface area contributed by atoms with Gasteiger partial charge in [-0.05, 0) is 73.2 Å². The summed E-state index contributed by atoms with van der Waals surface area (Å²) in [4.78, 5) is 24.6. The minimum atomic E-state index is -3.97. The number of carbonyl (C=O) groups excluding carboxylic acids is 2. The molecule has 11 heteroatoms. The molecular formula is C31H29N3O7S. The lowest BCUT2D eigenvalue weighted by molar-refractivity contribution is 0.0600. The van der Waals surface area contributed by atoms with E-state index in [0.717, 1.165) is 5.56 Å². The van der Waals surface area contributed by atoms with Crippen molar-refractivity contribution in [1.82, 2.24) is 5.43 Å². The molecule has 0 aliphatic rings. The molecule has 0 atom stereocenters. The van der Waals surface area contributed by atoms with E-state index in [1.54, 1.807) is 72.8 Å². The molecule has 0 saturated carbocycles. The lowest BCUT2D eigenvalue weighted by atomic mass is 10.1. The van der Waals surface area contributed by atoms with Crippen LogP contribution in [-0.4, -0.2) is 40.2 Å². The second kappa shape index (κ2) is 14.0. The predicted molar refractivity (Wildman–Crippen MR) is 158 cm³/mol. The predicted octanol–water partition coefficient (Wildman–Crippen LogP) is 5.02. The van der Waals surface area contributed by atoms with Crippen LogP contribution in [-0.2, 0) is 21.4 Å². The SMILES string of the molecule is CCOc1ccc(S(=O)(=O)Nc2ccccc2C(=O)N/N=C\c2ccccc2OCc2ccc(C(=O)OC)cc2)cc1. The third-order valence-corrected chi connectivity index (χ3v) is 7.30. The summed E-state index contributed by atoms with van der Waals surface area (Å²) in [6.45, 7) is 2.53. The first-order chi connectivity index (χ1) is 20.3. The number of hydrazone groups is 1. The number of sulfonamides is 1. The van der Waals surface area contributed by atoms with Gasteiger partial charge in [0.05, 0.1) is 41.6 Å². The van der Waals surface area contributed by atoms with Crippen molar-refractivity contribution in [3.8, 4) is 11.5 Å². The number of nitrogens with zero attached hydrogens (tertiary/aromatic N) is 1. The molecule has 0 aliphatic carbocycles. The fourth-order valence-electron chi connectivity index (χ4n) is 3.81. The number of amides is 1. The molecule has 0 fully saturated rings. The van der Waals surface area contributed by atoms with E-state index in [2.05, 4.69) is 15.2 Å². The monoisotopic (exact) mass is 587 g/mol. The van der Waals surface area contributed by atoms with Gasteiger partial charge in [-0.15, -0.1) is 0 Å². The molecule has 0 aromatic heterocycles. The van der Waals surface area contributed by atoms with Gasteiger partial charge >= 0.3 is 5.97 Å². The molecule has 10 nitrogen and oxygen atoms in total. The Kier molecular flexibility index (Phi) is 9.90. The van der Waals surface area contributed by atoms with Crippen molar-refractivity contribution in [3.63, 3.8) is 0 Å². The van der Waals surface area contributed by atoms with Crippen molar-refractivity contribution >= 4 is 33.8 Å². The number of ether oxygens (including phenoxy) is 3. The second-order valence-electron chi connectivity index (χ2n) is 8.77. The fraction of sp³-hybridized carbons (Fsp3) is 0.129. The number of hydrogen-bond donors (Lipinski definition) is 2. The Balaban J connectivity index is 1.41. The zero-order chi connectivity index (χ0) is 30.0. The minimum absolute atomic E-state index is 0.0233. The topological polar surface area (TPSA) is 132 Å². The Bertz CT molecular complexity index is 1670. The van der Waals surface area contributed by atoms with Gasteiger partial charge in [-0.25, -0.2) is 18.6 Å². The van der Waals surface area contributed by atoms with Crippen LogP contribution in [0.3, 0.4) is 0 Å². The average Bonchev–Trinajstić information content (AvgIpc) is 3.01. The molecule has 0 aliphatic heterocycles. The van der Waals surface area contributed by atoms with Gasteiger partial charge in [0, 0.05) is 5.56 Å². The van der Waals surface area contributed by atoms with Crippen LogP contribution in [0.25, 0.3) is 0 Å². The summed E-state index contributed by atoms with van der Waals surface area (Å²) < 4.78 is 44.4. The van der Waals surface area contributed by atoms with Crippen molar-refractivity contribution in [2.24, 2.45) is 5.10 Å². The van der Waals surface area contributed by atoms with Crippen LogP contribution in [0.1, 0.15) is 38.8 Å². The highest BCUT2D eigenvalue weighted by atomic mass is 32.2. The molecule has 42 heavy (non-hydrogen) atoms. The first-order valence-corrected chi connectivity index (χ1v) is 14.4. The summed E-state index contributed by atoms with van der Waals surface area (Å²) in [7, 11) is -2.65. The van der Waals surface area contributed by atoms with Crippen LogP contribution in [0.4, 0.5) is 5.69 Å². The minimum Gasteiger partial charge on any atom is -0.494 e. The van der Waals surface area contributed by atoms with Crippen LogP contribution in [0, 0.1) is 0 Å². The molecule has 4 aromatic carbocycles. The van der Waals surface area contributed by atoms with Crippen molar-refractivity contribution in [1.29, 1.82) is 0 Å². The maximum atomic E-state index is 13.0. The molecule has 0 heterocycles. The van der Waals surface area contributed by atoms with E-state index in [-0.39, 0.29) is 22.8 Å². The third-order valence-electron chi connectivity index (χ3n) is 5.92. The van der Waals surface area contributed by atoms with E-state index < -0.39 is 21.9 Å². The van der Waals surface area contributed by atoms with Crippen LogP contribution in [0.15, 0.2) is 107 Å². The largest absolute Gasteiger partial charge is 0.494 e. The van der Waals surface area contributed by atoms with Gasteiger partial charge in [-0.2, -0.15) is 5.10 Å². The standard InChI is InChI=1S/C31H29N3O7S/c1-3-40-25-16-18-26(19-17-25)42(37,38)34-28-10-6-5-9-27(28)30(35)33-32-20-24-8-4-7-11-29(24)41-21-22-12-14-23(15-13-22)31(36)39-2/h4-20,34H,3,21H2,1-2H3,(H,33,35)/b32-20-. The van der Waals surface area contributed by atoms with Crippen molar-refractivity contribution in [3.05, 3.63) is 119 Å². The van der Waals surface area contributed by atoms with Crippen LogP contribution in [0.5, 0.6) is 11.5 Å². The number of methoxy groups -OCH3 is 1. The number of hydrogen-bond acceptors (Lipinski definition) is 8. The summed E-state index contributed by atoms with van der Waals surface area (Å²) in [6, 6.07) is 26.2. The number of benzene rings is 4. The molecule has 216 valence electrons. The van der Waals surface area contributed by atoms with Crippen LogP contribution in [0.2, 0.25) is 0 Å². The van der Waals surface area contributed by atoms with Crippen molar-refractivity contribution < 1.29 is 32.2 Å². The molecule has 0 spiro atoms. The fourth-order valence-corrected chi connectivity index (χ4v) is 4.89. The quantitative estimate of drug-likeness (QED) is 0.135. The van der Waals surface area contributed by atoms with Gasteiger partial charge in [0.25, 0.3) is 15.9 Å². The van der Waals surface area contributed by atoms with Gasteiger partial charge < -0.3 is 14.2 Å². The van der Waals surface area contributed by atoms with E-state index in [9.17, 15) is 18.0 Å². The van der Waals surface area contributed by atoms with Gasteiger partial charge in [0.15, 0.2) is 0 Å². The van der Waals surface area contributed by atoms with E-state index in [4.69, 9.17) is 14.2 Å². The Labute approximate surface area is 244 Å². The third kappa shape index (κ3) is 7.73. The Hall–Kier alpha value is -5.16. The Morgan fingerprint density at radius 1 is 0.857 bits per heavy atom. The zero-order valence-electron chi connectivity index (χ0n) is 22.9. The van der Waals surface area contributed by atoms with Gasteiger partial charge in [0.1, 0.15) is 18.1 Å². The number of carbonyl (C=O) groups is 2. The highest BCUT2D eigenvalue weighted by Crippen LogP contribution is 2.22. The molecule has 2 N–H and O–H groups in total. The smallest absolute Gasteiger partial charge is 0.337 e. The van der Waals surface area contributed by atoms with E-state index >= 15 is 0 Å². The highest BCUT2D eigenvalue weighted by Gasteiger charge is 2.19. The number of anilines is 1. The summed E-state index contributed by atoms with van der Waals surface area (Å²) in [6.07, 6.45) is 1.43. The lowest BCUT2D eigenvalue weighted by Gasteiger charge is -2.12. The van der Waals surface area contributed by atoms with Crippen molar-refractivity contribution in [2.75, 3.05) is 18.4 Å². The molecule has 0 saturated heterocycles. The number of rotatable bonds is 12. The summed E-state index contributed by atoms with van der Waals surface area (Å²) >= 11 is 0. The summed E-state index contributed by atoms with van der Waals surface area (Å²) in [5, 5.41) is 4.05. The van der Waals surface area contributed by atoms with Gasteiger partial charge in [-0.1, -0.05) is 36.4 Å². The highest BCUT2D eigenvalue weighted by molar-refractivity contribution is 7.92. The van der Waals surface area contributed by atoms with Gasteiger partial charge in [-0.3, -0.25) is 9.52 Å².